The van der Waals surface area contributed by atoms with E-state index in [0.717, 1.165) is 58.0 Å². The maximum Gasteiger partial charge on any atom is 0.0964 e. The summed E-state index contributed by atoms with van der Waals surface area (Å²) in [5.74, 6) is 0. The van der Waals surface area contributed by atoms with Gasteiger partial charge in [0.15, 0.2) is 0 Å². The number of nitrogens with zero attached hydrogens (tertiary/aromatic N) is 4. The number of likely N-dealkylation sites (N-methyl/N-ethyl adjacent to an activating group) is 1. The molecule has 0 amide bonds. The van der Waals surface area contributed by atoms with Gasteiger partial charge in [-0.2, -0.15) is 0 Å². The largest absolute Gasteiger partial charge is 0.374 e. The van der Waals surface area contributed by atoms with Crippen molar-refractivity contribution >= 4 is 0 Å². The van der Waals surface area contributed by atoms with E-state index in [-0.39, 0.29) is 6.10 Å². The molecule has 0 aliphatic carbocycles. The highest BCUT2D eigenvalue weighted by atomic mass is 16.5. The fourth-order valence-corrected chi connectivity index (χ4v) is 2.29. The summed E-state index contributed by atoms with van der Waals surface area (Å²) in [6.45, 7) is 10.9. The molecule has 1 aromatic heterocycles. The van der Waals surface area contributed by atoms with E-state index in [1.54, 1.807) is 0 Å². The average Bonchev–Trinajstić information content (AvgIpc) is 2.87. The van der Waals surface area contributed by atoms with Crippen molar-refractivity contribution in [1.82, 2.24) is 25.2 Å². The van der Waals surface area contributed by atoms with Gasteiger partial charge in [-0.1, -0.05) is 19.1 Å². The van der Waals surface area contributed by atoms with E-state index in [1.807, 2.05) is 10.9 Å². The van der Waals surface area contributed by atoms with Gasteiger partial charge in [0, 0.05) is 25.8 Å². The quantitative estimate of drug-likeness (QED) is 0.729. The molecule has 1 aliphatic heterocycles. The van der Waals surface area contributed by atoms with E-state index >= 15 is 0 Å². The Balaban J connectivity index is 1.78. The summed E-state index contributed by atoms with van der Waals surface area (Å²) < 4.78 is 7.67. The molecule has 1 unspecified atom stereocenters. The minimum atomic E-state index is 0.229. The van der Waals surface area contributed by atoms with Crippen LogP contribution in [-0.4, -0.2) is 58.8 Å². The Morgan fingerprint density at radius 2 is 2.37 bits per heavy atom. The molecule has 19 heavy (non-hydrogen) atoms. The highest BCUT2D eigenvalue weighted by Crippen LogP contribution is 2.07. The molecule has 1 aliphatic rings. The second-order valence-electron chi connectivity index (χ2n) is 4.99. The van der Waals surface area contributed by atoms with Gasteiger partial charge in [0.1, 0.15) is 0 Å². The van der Waals surface area contributed by atoms with E-state index in [4.69, 9.17) is 4.74 Å². The number of aromatic nitrogens is 3. The minimum absolute atomic E-state index is 0.229. The van der Waals surface area contributed by atoms with Crippen LogP contribution in [0.4, 0.5) is 0 Å². The third-order valence-corrected chi connectivity index (χ3v) is 3.38. The molecule has 1 aromatic rings. The molecule has 6 nitrogen and oxygen atoms in total. The minimum Gasteiger partial charge on any atom is -0.374 e. The molecule has 0 spiro atoms. The van der Waals surface area contributed by atoms with Crippen LogP contribution >= 0.6 is 0 Å². The monoisotopic (exact) mass is 267 g/mol. The number of hydrogen-bond donors (Lipinski definition) is 1. The van der Waals surface area contributed by atoms with Crippen LogP contribution in [0.15, 0.2) is 6.20 Å². The van der Waals surface area contributed by atoms with Crippen LogP contribution in [0, 0.1) is 0 Å². The van der Waals surface area contributed by atoms with Crippen LogP contribution in [-0.2, 0) is 17.8 Å². The van der Waals surface area contributed by atoms with Crippen LogP contribution < -0.4 is 5.32 Å². The van der Waals surface area contributed by atoms with Gasteiger partial charge in [0.2, 0.25) is 0 Å². The maximum absolute atomic E-state index is 5.78. The predicted molar refractivity (Wildman–Crippen MR) is 73.9 cm³/mol. The number of nitrogens with one attached hydrogen (secondary N) is 1. The van der Waals surface area contributed by atoms with Crippen LogP contribution in [0.1, 0.15) is 26.0 Å². The Morgan fingerprint density at radius 3 is 3.16 bits per heavy atom. The topological polar surface area (TPSA) is 55.2 Å². The first kappa shape index (κ1) is 14.4. The van der Waals surface area contributed by atoms with Crippen molar-refractivity contribution in [2.45, 2.75) is 39.5 Å². The van der Waals surface area contributed by atoms with Gasteiger partial charge in [0.05, 0.1) is 24.9 Å². The summed E-state index contributed by atoms with van der Waals surface area (Å²) in [4.78, 5) is 2.41. The SMILES string of the molecule is CCCNCc1cn(CC2CN(CC)CCO2)nn1. The Kier molecular flexibility index (Phi) is 5.75. The first-order valence-electron chi connectivity index (χ1n) is 7.25. The molecule has 0 saturated carbocycles. The van der Waals surface area contributed by atoms with Gasteiger partial charge < -0.3 is 10.1 Å². The summed E-state index contributed by atoms with van der Waals surface area (Å²) in [6.07, 6.45) is 3.38. The molecule has 6 heteroatoms. The summed E-state index contributed by atoms with van der Waals surface area (Å²) in [7, 11) is 0. The Morgan fingerprint density at radius 1 is 1.47 bits per heavy atom. The molecule has 0 radical (unpaired) electrons. The lowest BCUT2D eigenvalue weighted by Crippen LogP contribution is -2.44. The summed E-state index contributed by atoms with van der Waals surface area (Å²) in [5.41, 5.74) is 0.997. The van der Waals surface area contributed by atoms with Crippen molar-refractivity contribution < 1.29 is 4.74 Å². The van der Waals surface area contributed by atoms with Crippen molar-refractivity contribution in [3.05, 3.63) is 11.9 Å². The number of rotatable bonds is 7. The van der Waals surface area contributed by atoms with Crippen molar-refractivity contribution in [2.24, 2.45) is 0 Å². The number of hydrogen-bond acceptors (Lipinski definition) is 5. The van der Waals surface area contributed by atoms with Gasteiger partial charge in [-0.15, -0.1) is 5.10 Å². The van der Waals surface area contributed by atoms with Gasteiger partial charge >= 0.3 is 0 Å². The highest BCUT2D eigenvalue weighted by Gasteiger charge is 2.20. The van der Waals surface area contributed by atoms with E-state index in [2.05, 4.69) is 34.4 Å². The molecule has 1 saturated heterocycles. The second kappa shape index (κ2) is 7.57. The number of morpholine rings is 1. The van der Waals surface area contributed by atoms with Crippen LogP contribution in [0.3, 0.4) is 0 Å². The van der Waals surface area contributed by atoms with Crippen molar-refractivity contribution in [1.29, 1.82) is 0 Å². The molecule has 1 fully saturated rings. The average molecular weight is 267 g/mol. The number of ether oxygens (including phenoxy) is 1. The third kappa shape index (κ3) is 4.56. The van der Waals surface area contributed by atoms with E-state index in [9.17, 15) is 0 Å². The zero-order valence-corrected chi connectivity index (χ0v) is 12.0. The molecule has 2 rings (SSSR count). The molecule has 1 N–H and O–H groups in total. The molecule has 0 bridgehead atoms. The second-order valence-corrected chi connectivity index (χ2v) is 4.99. The van der Waals surface area contributed by atoms with E-state index < -0.39 is 0 Å². The van der Waals surface area contributed by atoms with Gasteiger partial charge in [-0.3, -0.25) is 4.90 Å². The standard InChI is InChI=1S/C13H25N5O/c1-3-5-14-8-12-9-18(16-15-12)11-13-10-17(4-2)6-7-19-13/h9,13-14H,3-8,10-11H2,1-2H3. The Hall–Kier alpha value is -0.980. The van der Waals surface area contributed by atoms with Gasteiger partial charge in [0.25, 0.3) is 0 Å². The normalized spacial score (nSPS) is 20.8. The smallest absolute Gasteiger partial charge is 0.0964 e. The maximum atomic E-state index is 5.78. The zero-order chi connectivity index (χ0) is 13.5. The third-order valence-electron chi connectivity index (χ3n) is 3.38. The molecule has 108 valence electrons. The lowest BCUT2D eigenvalue weighted by atomic mass is 10.2. The predicted octanol–water partition coefficient (Wildman–Crippen LogP) is 0.498. The fourth-order valence-electron chi connectivity index (χ4n) is 2.29. The first-order chi connectivity index (χ1) is 9.31. The van der Waals surface area contributed by atoms with Gasteiger partial charge in [-0.05, 0) is 19.5 Å². The highest BCUT2D eigenvalue weighted by molar-refractivity contribution is 4.91. The molecule has 1 atom stereocenters. The van der Waals surface area contributed by atoms with Gasteiger partial charge in [-0.25, -0.2) is 4.68 Å². The van der Waals surface area contributed by atoms with E-state index in [1.165, 1.54) is 0 Å². The van der Waals surface area contributed by atoms with Crippen molar-refractivity contribution in [3.8, 4) is 0 Å². The Labute approximate surface area is 115 Å². The van der Waals surface area contributed by atoms with E-state index in [0.29, 0.717) is 0 Å². The molecular formula is C13H25N5O. The lowest BCUT2D eigenvalue weighted by Gasteiger charge is -2.31. The zero-order valence-electron chi connectivity index (χ0n) is 12.0. The van der Waals surface area contributed by atoms with Crippen molar-refractivity contribution in [2.75, 3.05) is 32.8 Å². The fraction of sp³-hybridized carbons (Fsp3) is 0.846. The van der Waals surface area contributed by atoms with Crippen LogP contribution in [0.25, 0.3) is 0 Å². The summed E-state index contributed by atoms with van der Waals surface area (Å²) >= 11 is 0. The Bertz CT molecular complexity index is 368. The lowest BCUT2D eigenvalue weighted by molar-refractivity contribution is -0.0360. The van der Waals surface area contributed by atoms with Crippen LogP contribution in [0.5, 0.6) is 0 Å². The molecule has 0 aromatic carbocycles. The van der Waals surface area contributed by atoms with Crippen molar-refractivity contribution in [3.63, 3.8) is 0 Å². The molecular weight excluding hydrogens is 242 g/mol. The molecule has 2 heterocycles. The summed E-state index contributed by atoms with van der Waals surface area (Å²) in [6, 6.07) is 0. The summed E-state index contributed by atoms with van der Waals surface area (Å²) in [5, 5.41) is 11.7. The van der Waals surface area contributed by atoms with Crippen LogP contribution in [0.2, 0.25) is 0 Å². The first-order valence-corrected chi connectivity index (χ1v) is 7.25.